The number of anilines is 1. The van der Waals surface area contributed by atoms with Gasteiger partial charge in [-0.05, 0) is 24.3 Å². The van der Waals surface area contributed by atoms with Gasteiger partial charge in [-0.3, -0.25) is 14.7 Å². The smallest absolute Gasteiger partial charge is 0.227 e. The third kappa shape index (κ3) is 4.40. The van der Waals surface area contributed by atoms with Crippen molar-refractivity contribution >= 4 is 29.1 Å². The fraction of sp³-hybridized carbons (Fsp3) is 0.389. The Morgan fingerprint density at radius 3 is 2.93 bits per heavy atom. The number of methoxy groups -OCH3 is 2. The van der Waals surface area contributed by atoms with Gasteiger partial charge in [0, 0.05) is 25.8 Å². The Balaban J connectivity index is 1.59. The van der Waals surface area contributed by atoms with E-state index in [1.54, 1.807) is 30.2 Å². The van der Waals surface area contributed by atoms with Crippen molar-refractivity contribution in [2.24, 2.45) is 5.92 Å². The monoisotopic (exact) mass is 392 g/mol. The number of carbonyl (C=O) groups excluding carboxylic acids is 2. The zero-order chi connectivity index (χ0) is 19.4. The molecule has 1 saturated heterocycles. The summed E-state index contributed by atoms with van der Waals surface area (Å²) in [5.41, 5.74) is 2.19. The molecular weight excluding hydrogens is 372 g/mol. The number of amides is 2. The second-order valence-electron chi connectivity index (χ2n) is 6.26. The summed E-state index contributed by atoms with van der Waals surface area (Å²) >= 11 is 6.14. The van der Waals surface area contributed by atoms with Gasteiger partial charge in [0.15, 0.2) is 0 Å². The Bertz CT molecular complexity index is 839. The van der Waals surface area contributed by atoms with Crippen LogP contribution < -0.4 is 15.0 Å². The van der Waals surface area contributed by atoms with Crippen molar-refractivity contribution in [3.05, 3.63) is 40.7 Å². The third-order valence-corrected chi connectivity index (χ3v) is 4.67. The summed E-state index contributed by atoms with van der Waals surface area (Å²) in [6, 6.07) is 6.95. The van der Waals surface area contributed by atoms with E-state index in [2.05, 4.69) is 15.5 Å². The molecule has 2 aromatic rings. The standard InChI is InChI=1S/C18H21ClN4O4/c1-26-10-13-6-12(21-22-13)8-20-18(25)11-5-17(24)23(9-11)14-3-4-16(27-2)15(19)7-14/h3-4,6-7,11H,5,8-10H2,1-2H3,(H,20,25)(H,21,22)/t11-/m0/s1. The third-order valence-electron chi connectivity index (χ3n) is 4.37. The molecule has 27 heavy (non-hydrogen) atoms. The van der Waals surface area contributed by atoms with E-state index in [-0.39, 0.29) is 18.2 Å². The lowest BCUT2D eigenvalue weighted by Crippen LogP contribution is -2.32. The van der Waals surface area contributed by atoms with Crippen molar-refractivity contribution in [2.75, 3.05) is 25.7 Å². The van der Waals surface area contributed by atoms with Crippen molar-refractivity contribution in [1.29, 1.82) is 0 Å². The highest BCUT2D eigenvalue weighted by molar-refractivity contribution is 6.32. The number of aromatic nitrogens is 2. The predicted molar refractivity (Wildman–Crippen MR) is 99.6 cm³/mol. The normalized spacial score (nSPS) is 16.6. The molecule has 1 fully saturated rings. The Hall–Kier alpha value is -2.58. The molecule has 1 aliphatic rings. The zero-order valence-electron chi connectivity index (χ0n) is 15.1. The molecule has 2 heterocycles. The van der Waals surface area contributed by atoms with E-state index in [4.69, 9.17) is 21.1 Å². The summed E-state index contributed by atoms with van der Waals surface area (Å²) in [6.07, 6.45) is 0.160. The SMILES string of the molecule is COCc1cc(CNC(=O)[C@H]2CC(=O)N(c3ccc(OC)c(Cl)c3)C2)[nH]n1. The van der Waals surface area contributed by atoms with Crippen LogP contribution in [0.2, 0.25) is 5.02 Å². The number of rotatable bonds is 7. The molecule has 0 unspecified atom stereocenters. The minimum absolute atomic E-state index is 0.111. The number of nitrogens with one attached hydrogen (secondary N) is 2. The maximum absolute atomic E-state index is 12.4. The second kappa shape index (κ2) is 8.41. The molecule has 1 aromatic carbocycles. The molecule has 1 aromatic heterocycles. The number of aromatic amines is 1. The molecule has 8 nitrogen and oxygen atoms in total. The number of hydrogen-bond donors (Lipinski definition) is 2. The lowest BCUT2D eigenvalue weighted by molar-refractivity contribution is -0.126. The first-order chi connectivity index (χ1) is 13.0. The molecule has 2 amide bonds. The number of ether oxygens (including phenoxy) is 2. The molecule has 2 N–H and O–H groups in total. The minimum Gasteiger partial charge on any atom is -0.495 e. The quantitative estimate of drug-likeness (QED) is 0.750. The molecule has 0 bridgehead atoms. The van der Waals surface area contributed by atoms with Gasteiger partial charge in [0.1, 0.15) is 5.75 Å². The van der Waals surface area contributed by atoms with Crippen LogP contribution in [0.1, 0.15) is 17.8 Å². The summed E-state index contributed by atoms with van der Waals surface area (Å²) in [5, 5.41) is 10.2. The molecule has 0 saturated carbocycles. The summed E-state index contributed by atoms with van der Waals surface area (Å²) in [4.78, 5) is 26.4. The Morgan fingerprint density at radius 1 is 1.41 bits per heavy atom. The molecule has 0 aliphatic carbocycles. The van der Waals surface area contributed by atoms with Crippen molar-refractivity contribution in [3.63, 3.8) is 0 Å². The Morgan fingerprint density at radius 2 is 2.22 bits per heavy atom. The van der Waals surface area contributed by atoms with E-state index in [1.165, 1.54) is 7.11 Å². The number of hydrogen-bond acceptors (Lipinski definition) is 5. The first-order valence-electron chi connectivity index (χ1n) is 8.45. The van der Waals surface area contributed by atoms with Crippen LogP contribution in [0.15, 0.2) is 24.3 Å². The number of H-pyrrole nitrogens is 1. The lowest BCUT2D eigenvalue weighted by atomic mass is 10.1. The van der Waals surface area contributed by atoms with Gasteiger partial charge in [0.2, 0.25) is 11.8 Å². The first-order valence-corrected chi connectivity index (χ1v) is 8.83. The van der Waals surface area contributed by atoms with Gasteiger partial charge < -0.3 is 19.7 Å². The van der Waals surface area contributed by atoms with Crippen molar-refractivity contribution < 1.29 is 19.1 Å². The van der Waals surface area contributed by atoms with Crippen LogP contribution in [0.25, 0.3) is 0 Å². The van der Waals surface area contributed by atoms with Crippen molar-refractivity contribution in [3.8, 4) is 5.75 Å². The summed E-state index contributed by atoms with van der Waals surface area (Å²) in [6.45, 7) is 1.03. The first kappa shape index (κ1) is 19.2. The van der Waals surface area contributed by atoms with E-state index in [0.717, 1.165) is 11.4 Å². The number of nitrogens with zero attached hydrogens (tertiary/aromatic N) is 2. The molecule has 144 valence electrons. The highest BCUT2D eigenvalue weighted by Crippen LogP contribution is 2.32. The molecule has 3 rings (SSSR count). The second-order valence-corrected chi connectivity index (χ2v) is 6.67. The van der Waals surface area contributed by atoms with Gasteiger partial charge in [-0.1, -0.05) is 11.6 Å². The molecule has 1 atom stereocenters. The Kier molecular flexibility index (Phi) is 5.98. The van der Waals surface area contributed by atoms with Crippen LogP contribution in [0, 0.1) is 5.92 Å². The average Bonchev–Trinajstić information content (AvgIpc) is 3.26. The van der Waals surface area contributed by atoms with E-state index >= 15 is 0 Å². The number of benzene rings is 1. The zero-order valence-corrected chi connectivity index (χ0v) is 15.9. The van der Waals surface area contributed by atoms with Crippen LogP contribution in [-0.4, -0.2) is 42.8 Å². The summed E-state index contributed by atoms with van der Waals surface area (Å²) in [5.74, 6) is -0.165. The van der Waals surface area contributed by atoms with Gasteiger partial charge in [-0.2, -0.15) is 5.10 Å². The van der Waals surface area contributed by atoms with Gasteiger partial charge in [0.05, 0.1) is 42.6 Å². The summed E-state index contributed by atoms with van der Waals surface area (Å²) < 4.78 is 10.1. The van der Waals surface area contributed by atoms with Gasteiger partial charge in [-0.25, -0.2) is 0 Å². The van der Waals surface area contributed by atoms with E-state index in [1.807, 2.05) is 6.07 Å². The highest BCUT2D eigenvalue weighted by atomic mass is 35.5. The van der Waals surface area contributed by atoms with E-state index < -0.39 is 5.92 Å². The van der Waals surface area contributed by atoms with Gasteiger partial charge >= 0.3 is 0 Å². The van der Waals surface area contributed by atoms with Crippen molar-refractivity contribution in [1.82, 2.24) is 15.5 Å². The van der Waals surface area contributed by atoms with Crippen molar-refractivity contribution in [2.45, 2.75) is 19.6 Å². The summed E-state index contributed by atoms with van der Waals surface area (Å²) in [7, 11) is 3.12. The molecule has 0 spiro atoms. The maximum atomic E-state index is 12.4. The molecule has 1 aliphatic heterocycles. The van der Waals surface area contributed by atoms with E-state index in [0.29, 0.717) is 36.2 Å². The van der Waals surface area contributed by atoms with Crippen LogP contribution in [0.4, 0.5) is 5.69 Å². The van der Waals surface area contributed by atoms with Crippen LogP contribution >= 0.6 is 11.6 Å². The lowest BCUT2D eigenvalue weighted by Gasteiger charge is -2.17. The number of halogens is 1. The molecular formula is C18H21ClN4O4. The Labute approximate surface area is 161 Å². The van der Waals surface area contributed by atoms with Gasteiger partial charge in [-0.15, -0.1) is 0 Å². The van der Waals surface area contributed by atoms with Crippen LogP contribution in [-0.2, 0) is 27.5 Å². The number of carbonyl (C=O) groups is 2. The average molecular weight is 393 g/mol. The molecule has 0 radical (unpaired) electrons. The fourth-order valence-electron chi connectivity index (χ4n) is 3.00. The van der Waals surface area contributed by atoms with Crippen LogP contribution in [0.5, 0.6) is 5.75 Å². The topological polar surface area (TPSA) is 96.5 Å². The largest absolute Gasteiger partial charge is 0.495 e. The van der Waals surface area contributed by atoms with Crippen LogP contribution in [0.3, 0.4) is 0 Å². The fourth-order valence-corrected chi connectivity index (χ4v) is 3.26. The minimum atomic E-state index is -0.417. The highest BCUT2D eigenvalue weighted by Gasteiger charge is 2.35. The molecule has 9 heteroatoms. The van der Waals surface area contributed by atoms with E-state index in [9.17, 15) is 9.59 Å². The maximum Gasteiger partial charge on any atom is 0.227 e. The van der Waals surface area contributed by atoms with Gasteiger partial charge in [0.25, 0.3) is 0 Å². The predicted octanol–water partition coefficient (Wildman–Crippen LogP) is 1.89.